The van der Waals surface area contributed by atoms with Crippen molar-refractivity contribution in [3.05, 3.63) is 30.1 Å². The molecule has 0 radical (unpaired) electrons. The molecule has 1 aromatic rings. The summed E-state index contributed by atoms with van der Waals surface area (Å²) in [6.07, 6.45) is 9.65. The fourth-order valence-electron chi connectivity index (χ4n) is 5.25. The molecule has 6 heteroatoms. The average Bonchev–Trinajstić information content (AvgIpc) is 2.68. The summed E-state index contributed by atoms with van der Waals surface area (Å²) in [5, 5.41) is 7.50. The van der Waals surface area contributed by atoms with Crippen LogP contribution in [-0.4, -0.2) is 60.3 Å². The second-order valence-corrected chi connectivity index (χ2v) is 8.80. The standard InChI is InChI=1S/C23H37N5O/c1-3-24-22(27-20-16-21(29-4-2)23(20)11-7-12-23)26-18-9-14-28(15-10-18)17-19-8-5-6-13-25-19/h5-6,8,13,18,20-21H,3-4,7,9-12,14-17H2,1-2H3,(H2,24,26,27). The normalized spacial score (nSPS) is 27.3. The lowest BCUT2D eigenvalue weighted by atomic mass is 9.51. The van der Waals surface area contributed by atoms with Gasteiger partial charge in [0.2, 0.25) is 0 Å². The van der Waals surface area contributed by atoms with Crippen molar-refractivity contribution in [1.29, 1.82) is 0 Å². The molecular weight excluding hydrogens is 362 g/mol. The first-order valence-corrected chi connectivity index (χ1v) is 11.5. The monoisotopic (exact) mass is 399 g/mol. The zero-order valence-corrected chi connectivity index (χ0v) is 18.1. The van der Waals surface area contributed by atoms with Crippen LogP contribution >= 0.6 is 0 Å². The van der Waals surface area contributed by atoms with Crippen molar-refractivity contribution in [2.75, 3.05) is 26.2 Å². The molecule has 3 fully saturated rings. The van der Waals surface area contributed by atoms with Crippen molar-refractivity contribution in [3.8, 4) is 0 Å². The first kappa shape index (κ1) is 20.6. The Morgan fingerprint density at radius 3 is 2.69 bits per heavy atom. The highest BCUT2D eigenvalue weighted by atomic mass is 16.5. The lowest BCUT2D eigenvalue weighted by Gasteiger charge is -2.61. The van der Waals surface area contributed by atoms with Crippen LogP contribution in [0.3, 0.4) is 0 Å². The summed E-state index contributed by atoms with van der Waals surface area (Å²) in [6.45, 7) is 9.01. The second kappa shape index (κ2) is 9.43. The molecule has 0 aromatic carbocycles. The number of hydrogen-bond acceptors (Lipinski definition) is 4. The number of ether oxygens (including phenoxy) is 1. The minimum absolute atomic E-state index is 0.359. The van der Waals surface area contributed by atoms with Gasteiger partial charge in [-0.05, 0) is 58.1 Å². The lowest BCUT2D eigenvalue weighted by molar-refractivity contribution is -0.168. The highest BCUT2D eigenvalue weighted by Crippen LogP contribution is 2.57. The van der Waals surface area contributed by atoms with Crippen LogP contribution in [0.25, 0.3) is 0 Å². The van der Waals surface area contributed by atoms with Crippen molar-refractivity contribution in [2.45, 2.75) is 77.1 Å². The molecular formula is C23H37N5O. The minimum atomic E-state index is 0.359. The van der Waals surface area contributed by atoms with Crippen molar-refractivity contribution < 1.29 is 4.74 Å². The molecule has 0 amide bonds. The van der Waals surface area contributed by atoms with Crippen LogP contribution in [0.15, 0.2) is 29.4 Å². The third-order valence-electron chi connectivity index (χ3n) is 7.10. The van der Waals surface area contributed by atoms with Gasteiger partial charge in [0, 0.05) is 56.5 Å². The van der Waals surface area contributed by atoms with Gasteiger partial charge in [0.05, 0.1) is 11.8 Å². The molecule has 160 valence electrons. The van der Waals surface area contributed by atoms with E-state index in [1.165, 1.54) is 19.3 Å². The largest absolute Gasteiger partial charge is 0.378 e. The number of aromatic nitrogens is 1. The first-order valence-electron chi connectivity index (χ1n) is 11.5. The summed E-state index contributed by atoms with van der Waals surface area (Å²) < 4.78 is 6.01. The summed E-state index contributed by atoms with van der Waals surface area (Å²) in [6, 6.07) is 7.17. The molecule has 4 rings (SSSR count). The first-order chi connectivity index (χ1) is 14.2. The van der Waals surface area contributed by atoms with Crippen molar-refractivity contribution in [2.24, 2.45) is 10.4 Å². The summed E-state index contributed by atoms with van der Waals surface area (Å²) in [7, 11) is 0. The number of rotatable bonds is 7. The van der Waals surface area contributed by atoms with Gasteiger partial charge in [0.1, 0.15) is 0 Å². The van der Waals surface area contributed by atoms with Crippen LogP contribution in [0.4, 0.5) is 0 Å². The van der Waals surface area contributed by atoms with E-state index in [1.54, 1.807) is 0 Å². The predicted molar refractivity (Wildman–Crippen MR) is 117 cm³/mol. The number of nitrogens with zero attached hydrogens (tertiary/aromatic N) is 3. The Hall–Kier alpha value is -1.66. The summed E-state index contributed by atoms with van der Waals surface area (Å²) in [5.74, 6) is 1.00. The fraction of sp³-hybridized carbons (Fsp3) is 0.739. The van der Waals surface area contributed by atoms with Crippen molar-refractivity contribution >= 4 is 5.96 Å². The van der Waals surface area contributed by atoms with Crippen LogP contribution in [0, 0.1) is 5.41 Å². The van der Waals surface area contributed by atoms with E-state index in [2.05, 4.69) is 46.5 Å². The molecule has 29 heavy (non-hydrogen) atoms. The Kier molecular flexibility index (Phi) is 6.70. The van der Waals surface area contributed by atoms with Crippen LogP contribution < -0.4 is 10.6 Å². The molecule has 2 N–H and O–H groups in total. The van der Waals surface area contributed by atoms with E-state index in [4.69, 9.17) is 9.73 Å². The average molecular weight is 400 g/mol. The van der Waals surface area contributed by atoms with Crippen LogP contribution in [0.5, 0.6) is 0 Å². The molecule has 6 nitrogen and oxygen atoms in total. The SMILES string of the molecule is CCN=C(NC1CCN(Cc2ccccn2)CC1)NC1CC(OCC)C12CCC2. The minimum Gasteiger partial charge on any atom is -0.378 e. The summed E-state index contributed by atoms with van der Waals surface area (Å²) >= 11 is 0. The van der Waals surface area contributed by atoms with Crippen LogP contribution in [0.1, 0.15) is 58.1 Å². The fourth-order valence-corrected chi connectivity index (χ4v) is 5.25. The maximum Gasteiger partial charge on any atom is 0.191 e. The van der Waals surface area contributed by atoms with Crippen molar-refractivity contribution in [3.63, 3.8) is 0 Å². The van der Waals surface area contributed by atoms with E-state index in [9.17, 15) is 0 Å². The van der Waals surface area contributed by atoms with Gasteiger partial charge < -0.3 is 15.4 Å². The number of nitrogens with one attached hydrogen (secondary N) is 2. The zero-order chi connectivity index (χ0) is 20.1. The number of likely N-dealkylation sites (tertiary alicyclic amines) is 1. The molecule has 2 unspecified atom stereocenters. The molecule has 2 atom stereocenters. The third-order valence-corrected chi connectivity index (χ3v) is 7.10. The molecule has 1 aromatic heterocycles. The van der Waals surface area contributed by atoms with Gasteiger partial charge in [-0.15, -0.1) is 0 Å². The van der Waals surface area contributed by atoms with E-state index in [0.29, 0.717) is 23.6 Å². The maximum atomic E-state index is 6.01. The Bertz CT molecular complexity index is 667. The van der Waals surface area contributed by atoms with Gasteiger partial charge in [-0.3, -0.25) is 14.9 Å². The number of hydrogen-bond donors (Lipinski definition) is 2. The quantitative estimate of drug-likeness (QED) is 0.545. The molecule has 0 bridgehead atoms. The van der Waals surface area contributed by atoms with Gasteiger partial charge in [0.15, 0.2) is 5.96 Å². The topological polar surface area (TPSA) is 61.8 Å². The van der Waals surface area contributed by atoms with Crippen LogP contribution in [0.2, 0.25) is 0 Å². The van der Waals surface area contributed by atoms with Gasteiger partial charge >= 0.3 is 0 Å². The van der Waals surface area contributed by atoms with E-state index < -0.39 is 0 Å². The molecule has 3 aliphatic rings. The van der Waals surface area contributed by atoms with Gasteiger partial charge in [-0.25, -0.2) is 0 Å². The van der Waals surface area contributed by atoms with E-state index in [1.807, 2.05) is 12.3 Å². The van der Waals surface area contributed by atoms with E-state index >= 15 is 0 Å². The molecule has 2 aliphatic carbocycles. The number of piperidine rings is 1. The summed E-state index contributed by atoms with van der Waals surface area (Å²) in [5.41, 5.74) is 1.52. The second-order valence-electron chi connectivity index (χ2n) is 8.80. The Morgan fingerprint density at radius 1 is 1.24 bits per heavy atom. The van der Waals surface area contributed by atoms with E-state index in [0.717, 1.165) is 63.7 Å². The summed E-state index contributed by atoms with van der Waals surface area (Å²) in [4.78, 5) is 11.7. The molecule has 1 aliphatic heterocycles. The molecule has 1 saturated heterocycles. The molecule has 1 spiro atoms. The number of aliphatic imine (C=N–C) groups is 1. The highest BCUT2D eigenvalue weighted by molar-refractivity contribution is 5.80. The van der Waals surface area contributed by atoms with Gasteiger partial charge in [0.25, 0.3) is 0 Å². The van der Waals surface area contributed by atoms with Gasteiger partial charge in [-0.2, -0.15) is 0 Å². The van der Waals surface area contributed by atoms with Gasteiger partial charge in [-0.1, -0.05) is 12.5 Å². The maximum absolute atomic E-state index is 6.01. The van der Waals surface area contributed by atoms with Crippen LogP contribution in [-0.2, 0) is 11.3 Å². The predicted octanol–water partition coefficient (Wildman–Crippen LogP) is 2.95. The molecule has 2 saturated carbocycles. The Balaban J connectivity index is 1.26. The number of guanidine groups is 1. The molecule has 2 heterocycles. The Labute approximate surface area is 175 Å². The number of pyridine rings is 1. The highest BCUT2D eigenvalue weighted by Gasteiger charge is 2.59. The Morgan fingerprint density at radius 2 is 2.07 bits per heavy atom. The zero-order valence-electron chi connectivity index (χ0n) is 18.1. The van der Waals surface area contributed by atoms with Crippen molar-refractivity contribution in [1.82, 2.24) is 20.5 Å². The smallest absolute Gasteiger partial charge is 0.191 e. The third kappa shape index (κ3) is 4.58. The van der Waals surface area contributed by atoms with E-state index in [-0.39, 0.29) is 0 Å². The lowest BCUT2D eigenvalue weighted by Crippen LogP contribution is -2.69.